The number of hydrogen-bond acceptors (Lipinski definition) is 3. The number of benzene rings is 2. The fourth-order valence-corrected chi connectivity index (χ4v) is 3.77. The normalized spacial score (nSPS) is 17.2. The monoisotopic (exact) mass is 363 g/mol. The zero-order chi connectivity index (χ0) is 18.6. The van der Waals surface area contributed by atoms with Crippen LogP contribution in [0.3, 0.4) is 0 Å². The van der Waals surface area contributed by atoms with Crippen LogP contribution < -0.4 is 4.74 Å². The molecule has 1 aromatic heterocycles. The number of ether oxygens (including phenoxy) is 1. The smallest absolute Gasteiger partial charge is 0.242 e. The maximum Gasteiger partial charge on any atom is 0.242 e. The van der Waals surface area contributed by atoms with E-state index >= 15 is 0 Å². The molecule has 0 spiro atoms. The highest BCUT2D eigenvalue weighted by molar-refractivity contribution is 5.81. The van der Waals surface area contributed by atoms with Gasteiger partial charge >= 0.3 is 0 Å². The first-order valence-corrected chi connectivity index (χ1v) is 9.64. The van der Waals surface area contributed by atoms with Crippen LogP contribution in [0.1, 0.15) is 32.0 Å². The third-order valence-electron chi connectivity index (χ3n) is 5.26. The van der Waals surface area contributed by atoms with Crippen molar-refractivity contribution < 1.29 is 9.53 Å². The van der Waals surface area contributed by atoms with Crippen molar-refractivity contribution >= 4 is 16.9 Å². The Morgan fingerprint density at radius 2 is 1.89 bits per heavy atom. The summed E-state index contributed by atoms with van der Waals surface area (Å²) in [5, 5.41) is 0. The van der Waals surface area contributed by atoms with E-state index in [0.717, 1.165) is 42.0 Å². The molecular weight excluding hydrogens is 338 g/mol. The second-order valence-corrected chi connectivity index (χ2v) is 7.14. The first-order chi connectivity index (χ1) is 13.2. The second-order valence-electron chi connectivity index (χ2n) is 7.14. The Labute approximate surface area is 159 Å². The SMILES string of the molecule is CC1CCCCN1C(=O)Cn1c(COc2ccccc2)nc2ccccc21. The molecule has 1 fully saturated rings. The van der Waals surface area contributed by atoms with Gasteiger partial charge in [0.15, 0.2) is 0 Å². The highest BCUT2D eigenvalue weighted by Crippen LogP contribution is 2.21. The number of aromatic nitrogens is 2. The van der Waals surface area contributed by atoms with Crippen LogP contribution in [0.25, 0.3) is 11.0 Å². The molecule has 140 valence electrons. The zero-order valence-electron chi connectivity index (χ0n) is 15.7. The van der Waals surface area contributed by atoms with Crippen LogP contribution in [0.2, 0.25) is 0 Å². The van der Waals surface area contributed by atoms with Gasteiger partial charge in [-0.3, -0.25) is 4.79 Å². The summed E-state index contributed by atoms with van der Waals surface area (Å²) in [4.78, 5) is 19.7. The predicted octanol–water partition coefficient (Wildman–Crippen LogP) is 4.02. The van der Waals surface area contributed by atoms with Crippen LogP contribution >= 0.6 is 0 Å². The van der Waals surface area contributed by atoms with E-state index in [9.17, 15) is 4.79 Å². The minimum absolute atomic E-state index is 0.159. The number of hydrogen-bond donors (Lipinski definition) is 0. The summed E-state index contributed by atoms with van der Waals surface area (Å²) in [5.74, 6) is 1.73. The number of nitrogens with zero attached hydrogens (tertiary/aromatic N) is 3. The molecule has 1 amide bonds. The molecule has 0 radical (unpaired) electrons. The predicted molar refractivity (Wildman–Crippen MR) is 106 cm³/mol. The number of imidazole rings is 1. The molecule has 0 aliphatic carbocycles. The Morgan fingerprint density at radius 1 is 1.11 bits per heavy atom. The Bertz CT molecular complexity index is 920. The molecule has 1 aliphatic rings. The van der Waals surface area contributed by atoms with Crippen molar-refractivity contribution in [3.05, 3.63) is 60.4 Å². The van der Waals surface area contributed by atoms with E-state index in [4.69, 9.17) is 9.72 Å². The van der Waals surface area contributed by atoms with Gasteiger partial charge in [-0.2, -0.15) is 0 Å². The molecule has 0 saturated carbocycles. The second kappa shape index (κ2) is 7.82. The van der Waals surface area contributed by atoms with Gasteiger partial charge in [0, 0.05) is 12.6 Å². The average Bonchev–Trinajstić information content (AvgIpc) is 3.05. The average molecular weight is 363 g/mol. The van der Waals surface area contributed by atoms with Crippen molar-refractivity contribution in [3.63, 3.8) is 0 Å². The van der Waals surface area contributed by atoms with Crippen molar-refractivity contribution in [3.8, 4) is 5.75 Å². The molecule has 1 aliphatic heterocycles. The number of amides is 1. The van der Waals surface area contributed by atoms with E-state index < -0.39 is 0 Å². The summed E-state index contributed by atoms with van der Waals surface area (Å²) >= 11 is 0. The summed E-state index contributed by atoms with van der Waals surface area (Å²) in [6, 6.07) is 17.9. The van der Waals surface area contributed by atoms with Gasteiger partial charge in [-0.05, 0) is 50.5 Å². The number of likely N-dealkylation sites (tertiary alicyclic amines) is 1. The standard InChI is InChI=1S/C22H25N3O2/c1-17-9-7-8-14-24(17)22(26)15-25-20-13-6-5-12-19(20)23-21(25)16-27-18-10-3-2-4-11-18/h2-6,10-13,17H,7-9,14-16H2,1H3. The van der Waals surface area contributed by atoms with Gasteiger partial charge in [-0.25, -0.2) is 4.98 Å². The molecule has 0 bridgehead atoms. The lowest BCUT2D eigenvalue weighted by molar-refractivity contribution is -0.135. The molecule has 2 aromatic carbocycles. The lowest BCUT2D eigenvalue weighted by Gasteiger charge is -2.33. The van der Waals surface area contributed by atoms with Gasteiger partial charge in [0.2, 0.25) is 5.91 Å². The molecule has 27 heavy (non-hydrogen) atoms. The molecule has 5 heteroatoms. The van der Waals surface area contributed by atoms with Crippen molar-refractivity contribution in [1.82, 2.24) is 14.5 Å². The molecule has 2 heterocycles. The largest absolute Gasteiger partial charge is 0.486 e. The fourth-order valence-electron chi connectivity index (χ4n) is 3.77. The van der Waals surface area contributed by atoms with Gasteiger partial charge in [0.25, 0.3) is 0 Å². The highest BCUT2D eigenvalue weighted by Gasteiger charge is 2.24. The molecule has 1 saturated heterocycles. The molecule has 0 N–H and O–H groups in total. The number of para-hydroxylation sites is 3. The molecule has 1 unspecified atom stereocenters. The summed E-state index contributed by atoms with van der Waals surface area (Å²) in [5.41, 5.74) is 1.87. The highest BCUT2D eigenvalue weighted by atomic mass is 16.5. The third kappa shape index (κ3) is 3.82. The van der Waals surface area contributed by atoms with Crippen LogP contribution in [0.15, 0.2) is 54.6 Å². The van der Waals surface area contributed by atoms with E-state index in [1.165, 1.54) is 6.42 Å². The molecule has 4 rings (SSSR count). The van der Waals surface area contributed by atoms with Crippen molar-refractivity contribution in [2.24, 2.45) is 0 Å². The number of carbonyl (C=O) groups is 1. The first kappa shape index (κ1) is 17.6. The van der Waals surface area contributed by atoms with Crippen LogP contribution in [0.4, 0.5) is 0 Å². The summed E-state index contributed by atoms with van der Waals surface area (Å²) in [6.07, 6.45) is 3.38. The van der Waals surface area contributed by atoms with Crippen molar-refractivity contribution in [2.45, 2.75) is 45.4 Å². The number of carbonyl (C=O) groups excluding carboxylic acids is 1. The van der Waals surface area contributed by atoms with E-state index in [1.54, 1.807) is 0 Å². The van der Waals surface area contributed by atoms with Gasteiger partial charge in [0.05, 0.1) is 11.0 Å². The van der Waals surface area contributed by atoms with Crippen molar-refractivity contribution in [1.29, 1.82) is 0 Å². The van der Waals surface area contributed by atoms with Crippen molar-refractivity contribution in [2.75, 3.05) is 6.54 Å². The molecule has 1 atom stereocenters. The molecular formula is C22H25N3O2. The van der Waals surface area contributed by atoms with Crippen LogP contribution in [-0.4, -0.2) is 32.9 Å². The fraction of sp³-hybridized carbons (Fsp3) is 0.364. The minimum atomic E-state index is 0.159. The number of piperidine rings is 1. The Kier molecular flexibility index (Phi) is 5.10. The topological polar surface area (TPSA) is 47.4 Å². The molecule has 5 nitrogen and oxygen atoms in total. The Hall–Kier alpha value is -2.82. The quantitative estimate of drug-likeness (QED) is 0.688. The number of fused-ring (bicyclic) bond motifs is 1. The lowest BCUT2D eigenvalue weighted by atomic mass is 10.0. The van der Waals surface area contributed by atoms with Crippen LogP contribution in [0.5, 0.6) is 5.75 Å². The first-order valence-electron chi connectivity index (χ1n) is 9.64. The van der Waals surface area contributed by atoms with E-state index in [0.29, 0.717) is 19.2 Å². The summed E-state index contributed by atoms with van der Waals surface area (Å²) in [7, 11) is 0. The van der Waals surface area contributed by atoms with Crippen LogP contribution in [0, 0.1) is 0 Å². The Morgan fingerprint density at radius 3 is 2.70 bits per heavy atom. The zero-order valence-corrected chi connectivity index (χ0v) is 15.7. The molecule has 3 aromatic rings. The van der Waals surface area contributed by atoms with Gasteiger partial charge in [0.1, 0.15) is 24.7 Å². The summed E-state index contributed by atoms with van der Waals surface area (Å²) in [6.45, 7) is 3.63. The van der Waals surface area contributed by atoms with Gasteiger partial charge in [-0.1, -0.05) is 30.3 Å². The van der Waals surface area contributed by atoms with Crippen LogP contribution in [-0.2, 0) is 17.9 Å². The minimum Gasteiger partial charge on any atom is -0.486 e. The van der Waals surface area contributed by atoms with Gasteiger partial charge in [-0.15, -0.1) is 0 Å². The summed E-state index contributed by atoms with van der Waals surface area (Å²) < 4.78 is 7.90. The van der Waals surface area contributed by atoms with Gasteiger partial charge < -0.3 is 14.2 Å². The Balaban J connectivity index is 1.59. The number of rotatable bonds is 5. The van der Waals surface area contributed by atoms with E-state index in [2.05, 4.69) is 6.92 Å². The van der Waals surface area contributed by atoms with E-state index in [-0.39, 0.29) is 5.91 Å². The third-order valence-corrected chi connectivity index (χ3v) is 5.26. The maximum absolute atomic E-state index is 13.0. The lowest BCUT2D eigenvalue weighted by Crippen LogP contribution is -2.43. The van der Waals surface area contributed by atoms with E-state index in [1.807, 2.05) is 64.1 Å². The maximum atomic E-state index is 13.0.